The van der Waals surface area contributed by atoms with Crippen molar-refractivity contribution in [3.63, 3.8) is 0 Å². The lowest BCUT2D eigenvalue weighted by Crippen LogP contribution is -2.24. The van der Waals surface area contributed by atoms with Gasteiger partial charge in [0.2, 0.25) is 0 Å². The molecule has 1 aromatic rings. The van der Waals surface area contributed by atoms with Gasteiger partial charge in [-0.25, -0.2) is 4.79 Å². The quantitative estimate of drug-likeness (QED) is 0.909. The van der Waals surface area contributed by atoms with E-state index in [9.17, 15) is 9.00 Å². The smallest absolute Gasteiger partial charge is 0.335 e. The number of carboxylic acids is 1. The van der Waals surface area contributed by atoms with Gasteiger partial charge in [-0.2, -0.15) is 0 Å². The maximum atomic E-state index is 12.3. The normalized spacial score (nSPS) is 24.3. The summed E-state index contributed by atoms with van der Waals surface area (Å²) in [6.45, 7) is 2.61. The van der Waals surface area contributed by atoms with Gasteiger partial charge in [-0.3, -0.25) is 4.21 Å². The Hall–Kier alpha value is -0.720. The van der Waals surface area contributed by atoms with Gasteiger partial charge in [0.25, 0.3) is 0 Å². The second-order valence-corrected chi connectivity index (χ2v) is 7.05. The average Bonchev–Trinajstić information content (AvgIpc) is 2.77. The third-order valence-electron chi connectivity index (χ3n) is 3.24. The topological polar surface area (TPSA) is 63.6 Å². The van der Waals surface area contributed by atoms with Crippen LogP contribution in [0.15, 0.2) is 22.7 Å². The summed E-state index contributed by atoms with van der Waals surface area (Å²) in [6.07, 6.45) is 0.844. The fraction of sp³-hybridized carbons (Fsp3) is 0.462. The zero-order chi connectivity index (χ0) is 14.0. The molecular weight excluding hydrogens is 332 g/mol. The number of hydrogen-bond acceptors (Lipinski definition) is 3. The molecule has 0 spiro atoms. The first-order chi connectivity index (χ1) is 8.99. The predicted octanol–water partition coefficient (Wildman–Crippen LogP) is 2.57. The van der Waals surface area contributed by atoms with Crippen molar-refractivity contribution in [1.29, 1.82) is 0 Å². The molecule has 0 bridgehead atoms. The molecule has 1 N–H and O–H groups in total. The minimum Gasteiger partial charge on any atom is -0.478 e. The summed E-state index contributed by atoms with van der Waals surface area (Å²) >= 11 is 3.34. The van der Waals surface area contributed by atoms with Crippen molar-refractivity contribution in [2.75, 3.05) is 6.61 Å². The van der Waals surface area contributed by atoms with Crippen molar-refractivity contribution < 1.29 is 18.8 Å². The Morgan fingerprint density at radius 3 is 2.84 bits per heavy atom. The number of ether oxygens (including phenoxy) is 1. The van der Waals surface area contributed by atoms with Crippen LogP contribution in [-0.2, 0) is 21.3 Å². The molecule has 1 aromatic carbocycles. The maximum Gasteiger partial charge on any atom is 0.335 e. The molecule has 1 saturated heterocycles. The van der Waals surface area contributed by atoms with Crippen molar-refractivity contribution in [2.45, 2.75) is 30.5 Å². The van der Waals surface area contributed by atoms with E-state index in [1.165, 1.54) is 6.07 Å². The average molecular weight is 347 g/mol. The first-order valence-electron chi connectivity index (χ1n) is 5.99. The van der Waals surface area contributed by atoms with Crippen molar-refractivity contribution in [3.05, 3.63) is 33.8 Å². The lowest BCUT2D eigenvalue weighted by atomic mass is 10.1. The highest BCUT2D eigenvalue weighted by molar-refractivity contribution is 9.10. The van der Waals surface area contributed by atoms with Crippen LogP contribution in [0.2, 0.25) is 0 Å². The Morgan fingerprint density at radius 1 is 1.58 bits per heavy atom. The van der Waals surface area contributed by atoms with Crippen LogP contribution in [0.1, 0.15) is 29.3 Å². The van der Waals surface area contributed by atoms with Crippen LogP contribution in [0.25, 0.3) is 0 Å². The van der Waals surface area contributed by atoms with E-state index in [-0.39, 0.29) is 16.9 Å². The zero-order valence-electron chi connectivity index (χ0n) is 10.5. The predicted molar refractivity (Wildman–Crippen MR) is 76.8 cm³/mol. The number of benzene rings is 1. The van der Waals surface area contributed by atoms with Crippen LogP contribution < -0.4 is 0 Å². The van der Waals surface area contributed by atoms with Gasteiger partial charge in [-0.1, -0.05) is 22.0 Å². The largest absolute Gasteiger partial charge is 0.478 e. The molecule has 6 heteroatoms. The Morgan fingerprint density at radius 2 is 2.32 bits per heavy atom. The second kappa shape index (κ2) is 6.15. The van der Waals surface area contributed by atoms with Gasteiger partial charge in [-0.05, 0) is 31.0 Å². The SMILES string of the molecule is CC1OCCC1S(=O)Cc1ccc(C(=O)O)cc1Br. The molecule has 3 unspecified atom stereocenters. The molecule has 1 aliphatic rings. The van der Waals surface area contributed by atoms with Gasteiger partial charge in [0, 0.05) is 21.9 Å². The van der Waals surface area contributed by atoms with Crippen LogP contribution in [0.5, 0.6) is 0 Å². The fourth-order valence-corrected chi connectivity index (χ4v) is 4.46. The lowest BCUT2D eigenvalue weighted by molar-refractivity contribution is 0.0697. The first kappa shape index (κ1) is 14.7. The summed E-state index contributed by atoms with van der Waals surface area (Å²) in [6, 6.07) is 4.80. The molecule has 19 heavy (non-hydrogen) atoms. The molecular formula is C13H15BrO4S. The van der Waals surface area contributed by atoms with E-state index < -0.39 is 16.8 Å². The lowest BCUT2D eigenvalue weighted by Gasteiger charge is -2.14. The van der Waals surface area contributed by atoms with Crippen molar-refractivity contribution in [2.24, 2.45) is 0 Å². The molecule has 2 rings (SSSR count). The first-order valence-corrected chi connectivity index (χ1v) is 8.17. The molecule has 0 aromatic heterocycles. The van der Waals surface area contributed by atoms with E-state index >= 15 is 0 Å². The van der Waals surface area contributed by atoms with Gasteiger partial charge in [-0.15, -0.1) is 0 Å². The Kier molecular flexibility index (Phi) is 4.76. The minimum atomic E-state index is -1.01. The highest BCUT2D eigenvalue weighted by Crippen LogP contribution is 2.25. The van der Waals surface area contributed by atoms with Gasteiger partial charge < -0.3 is 9.84 Å². The van der Waals surface area contributed by atoms with E-state index in [1.54, 1.807) is 12.1 Å². The number of carboxylic acid groups (broad SMARTS) is 1. The number of halogens is 1. The highest BCUT2D eigenvalue weighted by atomic mass is 79.9. The second-order valence-electron chi connectivity index (χ2n) is 4.54. The van der Waals surface area contributed by atoms with Crippen molar-refractivity contribution >= 4 is 32.7 Å². The summed E-state index contributed by atoms with van der Waals surface area (Å²) in [7, 11) is -1.01. The van der Waals surface area contributed by atoms with Gasteiger partial charge in [0.05, 0.1) is 22.7 Å². The van der Waals surface area contributed by atoms with Crippen molar-refractivity contribution in [3.8, 4) is 0 Å². The number of aromatic carboxylic acids is 1. The van der Waals surface area contributed by atoms with Gasteiger partial charge >= 0.3 is 5.97 Å². The maximum absolute atomic E-state index is 12.3. The standard InChI is InChI=1S/C13H15BrO4S/c1-8-12(4-5-18-8)19(17)7-10-3-2-9(13(15)16)6-11(10)14/h2-3,6,8,12H,4-5,7H2,1H3,(H,15,16). The molecule has 3 atom stereocenters. The monoisotopic (exact) mass is 346 g/mol. The van der Waals surface area contributed by atoms with E-state index in [1.807, 2.05) is 6.92 Å². The molecule has 4 nitrogen and oxygen atoms in total. The molecule has 1 heterocycles. The van der Waals surface area contributed by atoms with E-state index in [2.05, 4.69) is 15.9 Å². The van der Waals surface area contributed by atoms with Crippen LogP contribution in [-0.4, -0.2) is 33.2 Å². The van der Waals surface area contributed by atoms with Crippen LogP contribution in [0, 0.1) is 0 Å². The third kappa shape index (κ3) is 3.43. The molecule has 1 fully saturated rings. The van der Waals surface area contributed by atoms with E-state index in [0.717, 1.165) is 12.0 Å². The molecule has 0 saturated carbocycles. The molecule has 0 radical (unpaired) electrons. The van der Waals surface area contributed by atoms with Crippen molar-refractivity contribution in [1.82, 2.24) is 0 Å². The molecule has 1 aliphatic heterocycles. The van der Waals surface area contributed by atoms with Gasteiger partial charge in [0.1, 0.15) is 0 Å². The minimum absolute atomic E-state index is 0.0258. The fourth-order valence-electron chi connectivity index (χ4n) is 2.12. The molecule has 0 aliphatic carbocycles. The number of hydrogen-bond donors (Lipinski definition) is 1. The van der Waals surface area contributed by atoms with Crippen LogP contribution in [0.3, 0.4) is 0 Å². The van der Waals surface area contributed by atoms with Gasteiger partial charge in [0.15, 0.2) is 0 Å². The van der Waals surface area contributed by atoms with Crippen LogP contribution in [0.4, 0.5) is 0 Å². The van der Waals surface area contributed by atoms with E-state index in [4.69, 9.17) is 9.84 Å². The highest BCUT2D eigenvalue weighted by Gasteiger charge is 2.29. The zero-order valence-corrected chi connectivity index (χ0v) is 12.9. The Labute approximate surface area is 122 Å². The summed E-state index contributed by atoms with van der Waals surface area (Å²) in [5, 5.41) is 8.95. The number of carbonyl (C=O) groups is 1. The van der Waals surface area contributed by atoms with Crippen LogP contribution >= 0.6 is 15.9 Å². The van der Waals surface area contributed by atoms with E-state index in [0.29, 0.717) is 16.8 Å². The third-order valence-corrected chi connectivity index (χ3v) is 5.87. The summed E-state index contributed by atoms with van der Waals surface area (Å²) < 4.78 is 18.4. The molecule has 0 amide bonds. The molecule has 104 valence electrons. The Bertz CT molecular complexity index is 517. The Balaban J connectivity index is 2.11. The number of rotatable bonds is 4. The summed E-state index contributed by atoms with van der Waals surface area (Å²) in [4.78, 5) is 10.8. The summed E-state index contributed by atoms with van der Waals surface area (Å²) in [5.74, 6) is -0.551. The summed E-state index contributed by atoms with van der Waals surface area (Å²) in [5.41, 5.74) is 1.08.